The van der Waals surface area contributed by atoms with Gasteiger partial charge in [-0.05, 0) is 43.2 Å². The van der Waals surface area contributed by atoms with Gasteiger partial charge in [0.1, 0.15) is 11.9 Å². The van der Waals surface area contributed by atoms with Crippen molar-refractivity contribution in [1.29, 1.82) is 0 Å². The molecule has 0 aromatic heterocycles. The average molecular weight is 320 g/mol. The van der Waals surface area contributed by atoms with Gasteiger partial charge >= 0.3 is 0 Å². The zero-order valence-corrected chi connectivity index (χ0v) is 12.8. The van der Waals surface area contributed by atoms with Crippen LogP contribution in [-0.2, 0) is 0 Å². The minimum Gasteiger partial charge on any atom is -0.484 e. The van der Waals surface area contributed by atoms with Crippen LogP contribution in [0.2, 0.25) is 0 Å². The van der Waals surface area contributed by atoms with Crippen LogP contribution in [0.5, 0.6) is 5.75 Å². The summed E-state index contributed by atoms with van der Waals surface area (Å²) in [6, 6.07) is 14.3. The fraction of sp³-hybridized carbons (Fsp3) is 0.250. The Bertz CT molecular complexity index is 551. The van der Waals surface area contributed by atoms with Gasteiger partial charge in [0.15, 0.2) is 0 Å². The molecular formula is C16H18BrNO. The van der Waals surface area contributed by atoms with Crippen molar-refractivity contribution in [2.75, 3.05) is 6.54 Å². The lowest BCUT2D eigenvalue weighted by Gasteiger charge is -2.19. The number of rotatable bonds is 4. The van der Waals surface area contributed by atoms with Crippen molar-refractivity contribution in [3.8, 4) is 5.75 Å². The molecule has 0 heterocycles. The molecule has 3 heteroatoms. The Morgan fingerprint density at radius 2 is 1.79 bits per heavy atom. The molecule has 0 radical (unpaired) electrons. The van der Waals surface area contributed by atoms with E-state index >= 15 is 0 Å². The third-order valence-corrected chi connectivity index (χ3v) is 3.56. The number of hydrogen-bond acceptors (Lipinski definition) is 2. The standard InChI is InChI=1S/C16H18BrNO/c1-11-3-5-13(6-4-11)16(10-18)19-15-8-7-14(17)9-12(15)2/h3-9,16H,10,18H2,1-2H3. The van der Waals surface area contributed by atoms with E-state index in [-0.39, 0.29) is 6.10 Å². The number of aryl methyl sites for hydroxylation is 2. The van der Waals surface area contributed by atoms with Gasteiger partial charge in [-0.2, -0.15) is 0 Å². The van der Waals surface area contributed by atoms with Crippen molar-refractivity contribution in [2.24, 2.45) is 5.73 Å². The van der Waals surface area contributed by atoms with Crippen LogP contribution in [0.15, 0.2) is 46.9 Å². The highest BCUT2D eigenvalue weighted by molar-refractivity contribution is 9.10. The van der Waals surface area contributed by atoms with Crippen LogP contribution in [0.4, 0.5) is 0 Å². The van der Waals surface area contributed by atoms with Crippen LogP contribution in [0, 0.1) is 13.8 Å². The third kappa shape index (κ3) is 3.58. The topological polar surface area (TPSA) is 35.2 Å². The molecule has 0 saturated carbocycles. The van der Waals surface area contributed by atoms with Crippen LogP contribution < -0.4 is 10.5 Å². The fourth-order valence-electron chi connectivity index (χ4n) is 1.93. The molecule has 0 spiro atoms. The summed E-state index contributed by atoms with van der Waals surface area (Å²) in [5.41, 5.74) is 9.28. The molecule has 1 atom stereocenters. The number of benzene rings is 2. The molecule has 2 aromatic rings. The van der Waals surface area contributed by atoms with Crippen molar-refractivity contribution in [1.82, 2.24) is 0 Å². The quantitative estimate of drug-likeness (QED) is 0.919. The lowest BCUT2D eigenvalue weighted by atomic mass is 10.1. The molecule has 2 rings (SSSR count). The van der Waals surface area contributed by atoms with E-state index in [4.69, 9.17) is 10.5 Å². The number of ether oxygens (including phenoxy) is 1. The predicted molar refractivity (Wildman–Crippen MR) is 82.5 cm³/mol. The minimum atomic E-state index is -0.111. The average Bonchev–Trinajstić information content (AvgIpc) is 2.39. The van der Waals surface area contributed by atoms with E-state index in [1.54, 1.807) is 0 Å². The Morgan fingerprint density at radius 1 is 1.11 bits per heavy atom. The summed E-state index contributed by atoms with van der Waals surface area (Å²) in [6.07, 6.45) is -0.111. The summed E-state index contributed by atoms with van der Waals surface area (Å²) in [5.74, 6) is 0.874. The van der Waals surface area contributed by atoms with E-state index in [0.717, 1.165) is 21.3 Å². The highest BCUT2D eigenvalue weighted by atomic mass is 79.9. The molecular weight excluding hydrogens is 302 g/mol. The maximum atomic E-state index is 6.03. The first kappa shape index (κ1) is 14.1. The molecule has 2 N–H and O–H groups in total. The Labute approximate surface area is 122 Å². The van der Waals surface area contributed by atoms with Crippen molar-refractivity contribution in [2.45, 2.75) is 20.0 Å². The van der Waals surface area contributed by atoms with Gasteiger partial charge in [0.25, 0.3) is 0 Å². The third-order valence-electron chi connectivity index (χ3n) is 3.07. The highest BCUT2D eigenvalue weighted by Crippen LogP contribution is 2.27. The van der Waals surface area contributed by atoms with E-state index in [1.165, 1.54) is 5.56 Å². The van der Waals surface area contributed by atoms with Gasteiger partial charge in [-0.3, -0.25) is 0 Å². The van der Waals surface area contributed by atoms with E-state index in [0.29, 0.717) is 6.54 Å². The van der Waals surface area contributed by atoms with E-state index in [2.05, 4.69) is 47.1 Å². The van der Waals surface area contributed by atoms with Gasteiger partial charge < -0.3 is 10.5 Å². The Balaban J connectivity index is 2.21. The molecule has 0 aliphatic rings. The van der Waals surface area contributed by atoms with Crippen LogP contribution in [0.3, 0.4) is 0 Å². The Hall–Kier alpha value is -1.32. The lowest BCUT2D eigenvalue weighted by molar-refractivity contribution is 0.213. The molecule has 1 unspecified atom stereocenters. The van der Waals surface area contributed by atoms with E-state index < -0.39 is 0 Å². The first-order chi connectivity index (χ1) is 9.10. The summed E-state index contributed by atoms with van der Waals surface area (Å²) in [4.78, 5) is 0. The maximum Gasteiger partial charge on any atom is 0.136 e. The summed E-state index contributed by atoms with van der Waals surface area (Å²) in [7, 11) is 0. The maximum absolute atomic E-state index is 6.03. The smallest absolute Gasteiger partial charge is 0.136 e. The SMILES string of the molecule is Cc1ccc(C(CN)Oc2ccc(Br)cc2C)cc1. The molecule has 0 saturated heterocycles. The second-order valence-corrected chi connectivity index (χ2v) is 5.58. The molecule has 0 fully saturated rings. The normalized spacial score (nSPS) is 12.2. The van der Waals surface area contributed by atoms with Gasteiger partial charge in [-0.15, -0.1) is 0 Å². The molecule has 0 bridgehead atoms. The Kier molecular flexibility index (Phi) is 4.61. The molecule has 0 aliphatic heterocycles. The first-order valence-corrected chi connectivity index (χ1v) is 7.09. The number of halogens is 1. The van der Waals surface area contributed by atoms with Crippen LogP contribution in [-0.4, -0.2) is 6.54 Å². The van der Waals surface area contributed by atoms with Gasteiger partial charge in [-0.1, -0.05) is 45.8 Å². The van der Waals surface area contributed by atoms with Crippen molar-refractivity contribution in [3.05, 3.63) is 63.6 Å². The van der Waals surface area contributed by atoms with Crippen molar-refractivity contribution >= 4 is 15.9 Å². The largest absolute Gasteiger partial charge is 0.484 e. The Morgan fingerprint density at radius 3 is 2.37 bits per heavy atom. The zero-order chi connectivity index (χ0) is 13.8. The molecule has 2 nitrogen and oxygen atoms in total. The molecule has 2 aromatic carbocycles. The number of hydrogen-bond donors (Lipinski definition) is 1. The lowest BCUT2D eigenvalue weighted by Crippen LogP contribution is -2.18. The van der Waals surface area contributed by atoms with Gasteiger partial charge in [0.2, 0.25) is 0 Å². The zero-order valence-electron chi connectivity index (χ0n) is 11.2. The monoisotopic (exact) mass is 319 g/mol. The van der Waals surface area contributed by atoms with Crippen molar-refractivity contribution < 1.29 is 4.74 Å². The summed E-state index contributed by atoms with van der Waals surface area (Å²) in [5, 5.41) is 0. The first-order valence-electron chi connectivity index (χ1n) is 6.29. The molecule has 0 aliphatic carbocycles. The van der Waals surface area contributed by atoms with Gasteiger partial charge in [0.05, 0.1) is 0 Å². The van der Waals surface area contributed by atoms with Crippen LogP contribution in [0.25, 0.3) is 0 Å². The molecule has 19 heavy (non-hydrogen) atoms. The van der Waals surface area contributed by atoms with Crippen LogP contribution in [0.1, 0.15) is 22.8 Å². The highest BCUT2D eigenvalue weighted by Gasteiger charge is 2.12. The van der Waals surface area contributed by atoms with Crippen molar-refractivity contribution in [3.63, 3.8) is 0 Å². The summed E-state index contributed by atoms with van der Waals surface area (Å²) >= 11 is 3.45. The fourth-order valence-corrected chi connectivity index (χ4v) is 2.41. The predicted octanol–water partition coefficient (Wildman–Crippen LogP) is 4.14. The van der Waals surface area contributed by atoms with Gasteiger partial charge in [0, 0.05) is 11.0 Å². The van der Waals surface area contributed by atoms with Crippen LogP contribution >= 0.6 is 15.9 Å². The molecule has 0 amide bonds. The second kappa shape index (κ2) is 6.22. The summed E-state index contributed by atoms with van der Waals surface area (Å²) in [6.45, 7) is 4.56. The number of nitrogens with two attached hydrogens (primary N) is 1. The minimum absolute atomic E-state index is 0.111. The second-order valence-electron chi connectivity index (χ2n) is 4.66. The summed E-state index contributed by atoms with van der Waals surface area (Å²) < 4.78 is 7.08. The van der Waals surface area contributed by atoms with Gasteiger partial charge in [-0.25, -0.2) is 0 Å². The van der Waals surface area contributed by atoms with E-state index in [1.807, 2.05) is 25.1 Å². The molecule has 100 valence electrons. The van der Waals surface area contributed by atoms with E-state index in [9.17, 15) is 0 Å².